The lowest BCUT2D eigenvalue weighted by Gasteiger charge is -2.29. The maximum atomic E-state index is 13.0. The zero-order valence-electron chi connectivity index (χ0n) is 48.8. The maximum Gasteiger partial charge on any atom is 0.268 e. The summed E-state index contributed by atoms with van der Waals surface area (Å²) in [4.78, 5) is 25.5. The van der Waals surface area contributed by atoms with Gasteiger partial charge >= 0.3 is 0 Å². The number of nitrogens with zero attached hydrogens (tertiary/aromatic N) is 1. The topological polar surface area (TPSA) is 108 Å². The molecular weight excluding hydrogens is 924 g/mol. The van der Waals surface area contributed by atoms with Gasteiger partial charge in [0, 0.05) is 6.42 Å². The minimum Gasteiger partial charge on any atom is -0.756 e. The van der Waals surface area contributed by atoms with Crippen molar-refractivity contribution in [2.24, 2.45) is 0 Å². The highest BCUT2D eigenvalue weighted by molar-refractivity contribution is 7.45. The van der Waals surface area contributed by atoms with Crippen LogP contribution in [0.4, 0.5) is 0 Å². The number of carbonyl (C=O) groups excluding carboxylic acids is 1. The standard InChI is InChI=1S/C64H121N2O6P/c1-6-8-10-12-14-16-18-20-22-24-26-28-30-32-34-35-37-39-41-43-45-47-49-51-53-55-57-63(67)62(61-72-73(69,70)71-60-59-66(3,4)5)65-64(68)58-56-54-52-50-48-46-44-42-40-38-36-33-31-29-27-25-23-21-19-17-15-13-11-9-7-2/h19,21,25,27,39,41,47,49,55,57,62-63,67H,6-18,20,22-24,26,28-38,40,42-46,48,50-54,56,58-61H2,1-5H3,(H-,65,68,69,70)/b21-19-,27-25-,41-39+,49-47+,57-55+. The first kappa shape index (κ1) is 71.2. The van der Waals surface area contributed by atoms with E-state index >= 15 is 0 Å². The fourth-order valence-corrected chi connectivity index (χ4v) is 9.76. The van der Waals surface area contributed by atoms with Gasteiger partial charge in [0.2, 0.25) is 5.91 Å². The van der Waals surface area contributed by atoms with Crippen LogP contribution >= 0.6 is 7.82 Å². The molecule has 8 nitrogen and oxygen atoms in total. The summed E-state index contributed by atoms with van der Waals surface area (Å²) in [5, 5.41) is 13.9. The fraction of sp³-hybridized carbons (Fsp3) is 0.828. The minimum absolute atomic E-state index is 0.0102. The molecule has 0 spiro atoms. The fourth-order valence-electron chi connectivity index (χ4n) is 9.04. The lowest BCUT2D eigenvalue weighted by Crippen LogP contribution is -2.45. The number of rotatable bonds is 57. The van der Waals surface area contributed by atoms with E-state index in [4.69, 9.17) is 9.05 Å². The number of aliphatic hydroxyl groups is 1. The van der Waals surface area contributed by atoms with Crippen molar-refractivity contribution in [3.05, 3.63) is 60.8 Å². The summed E-state index contributed by atoms with van der Waals surface area (Å²) in [5.74, 6) is -0.210. The molecule has 9 heteroatoms. The Labute approximate surface area is 453 Å². The molecule has 3 atom stereocenters. The van der Waals surface area contributed by atoms with Gasteiger partial charge in [0.1, 0.15) is 13.2 Å². The molecule has 0 aliphatic carbocycles. The van der Waals surface area contributed by atoms with Crippen molar-refractivity contribution in [1.82, 2.24) is 5.32 Å². The lowest BCUT2D eigenvalue weighted by atomic mass is 10.0. The molecule has 0 rings (SSSR count). The van der Waals surface area contributed by atoms with Crippen LogP contribution in [-0.4, -0.2) is 68.5 Å². The van der Waals surface area contributed by atoms with Crippen LogP contribution in [0.1, 0.15) is 290 Å². The molecule has 73 heavy (non-hydrogen) atoms. The third kappa shape index (κ3) is 57.7. The number of aliphatic hydroxyl groups excluding tert-OH is 1. The van der Waals surface area contributed by atoms with Gasteiger partial charge in [0.25, 0.3) is 7.82 Å². The first-order valence-electron chi connectivity index (χ1n) is 31.2. The Balaban J connectivity index is 4.23. The van der Waals surface area contributed by atoms with Crippen LogP contribution in [0.5, 0.6) is 0 Å². The highest BCUT2D eigenvalue weighted by atomic mass is 31.2. The van der Waals surface area contributed by atoms with Crippen molar-refractivity contribution in [3.8, 4) is 0 Å². The van der Waals surface area contributed by atoms with E-state index in [-0.39, 0.29) is 12.5 Å². The quantitative estimate of drug-likeness (QED) is 0.0272. The predicted octanol–water partition coefficient (Wildman–Crippen LogP) is 18.6. The first-order valence-corrected chi connectivity index (χ1v) is 32.6. The molecule has 0 heterocycles. The molecule has 0 saturated heterocycles. The summed E-state index contributed by atoms with van der Waals surface area (Å²) < 4.78 is 23.4. The molecule has 1 amide bonds. The normalized spacial score (nSPS) is 14.2. The van der Waals surface area contributed by atoms with E-state index in [1.165, 1.54) is 218 Å². The number of unbranched alkanes of at least 4 members (excludes halogenated alkanes) is 36. The van der Waals surface area contributed by atoms with E-state index in [9.17, 15) is 19.4 Å². The van der Waals surface area contributed by atoms with Crippen molar-refractivity contribution in [1.29, 1.82) is 0 Å². The molecule has 0 fully saturated rings. The lowest BCUT2D eigenvalue weighted by molar-refractivity contribution is -0.870. The van der Waals surface area contributed by atoms with Gasteiger partial charge in [-0.25, -0.2) is 0 Å². The summed E-state index contributed by atoms with van der Waals surface area (Å²) >= 11 is 0. The van der Waals surface area contributed by atoms with Crippen molar-refractivity contribution in [2.45, 2.75) is 302 Å². The zero-order valence-corrected chi connectivity index (χ0v) is 49.7. The molecule has 0 bridgehead atoms. The van der Waals surface area contributed by atoms with Gasteiger partial charge in [-0.05, 0) is 77.0 Å². The SMILES string of the molecule is CCCCCCC/C=C\C/C=C\CCCCCCCCCCCCCCCC(=O)NC(COP(=O)([O-])OCC[N+](C)(C)C)C(O)/C=C/CC/C=C/CC/C=C/CCCCCCCCCCCCCCCCCC. The van der Waals surface area contributed by atoms with Crippen molar-refractivity contribution in [3.63, 3.8) is 0 Å². The Kier molecular flexibility index (Phi) is 53.6. The van der Waals surface area contributed by atoms with Gasteiger partial charge in [-0.1, -0.05) is 267 Å². The molecule has 3 unspecified atom stereocenters. The van der Waals surface area contributed by atoms with E-state index in [0.29, 0.717) is 17.4 Å². The molecule has 0 aromatic rings. The Morgan fingerprint density at radius 1 is 0.479 bits per heavy atom. The van der Waals surface area contributed by atoms with Crippen LogP contribution in [0.2, 0.25) is 0 Å². The molecule has 0 aliphatic heterocycles. The number of quaternary nitrogens is 1. The second kappa shape index (κ2) is 55.0. The Hall–Kier alpha value is -1.80. The van der Waals surface area contributed by atoms with E-state index in [1.807, 2.05) is 27.2 Å². The summed E-state index contributed by atoms with van der Waals surface area (Å²) in [6.07, 6.45) is 74.6. The van der Waals surface area contributed by atoms with Crippen LogP contribution < -0.4 is 10.2 Å². The number of allylic oxidation sites excluding steroid dienone is 9. The number of likely N-dealkylation sites (N-methyl/N-ethyl adjacent to an activating group) is 1. The smallest absolute Gasteiger partial charge is 0.268 e. The summed E-state index contributed by atoms with van der Waals surface area (Å²) in [6.45, 7) is 4.64. The third-order valence-corrected chi connectivity index (χ3v) is 14.9. The van der Waals surface area contributed by atoms with Gasteiger partial charge in [0.05, 0.1) is 39.9 Å². The number of carbonyl (C=O) groups is 1. The molecule has 0 aromatic heterocycles. The second-order valence-electron chi connectivity index (χ2n) is 22.4. The van der Waals surface area contributed by atoms with Crippen molar-refractivity contribution < 1.29 is 32.9 Å². The highest BCUT2D eigenvalue weighted by Gasteiger charge is 2.23. The number of hydrogen-bond acceptors (Lipinski definition) is 6. The first-order chi connectivity index (χ1) is 35.5. The zero-order chi connectivity index (χ0) is 53.5. The largest absolute Gasteiger partial charge is 0.756 e. The van der Waals surface area contributed by atoms with Crippen LogP contribution in [0, 0.1) is 0 Å². The Bertz CT molecular complexity index is 1370. The summed E-state index contributed by atoms with van der Waals surface area (Å²) in [7, 11) is 1.24. The van der Waals surface area contributed by atoms with E-state index < -0.39 is 26.6 Å². The minimum atomic E-state index is -4.61. The van der Waals surface area contributed by atoms with Gasteiger partial charge in [-0.15, -0.1) is 0 Å². The van der Waals surface area contributed by atoms with E-state index in [1.54, 1.807) is 6.08 Å². The van der Waals surface area contributed by atoms with Crippen LogP contribution in [0.3, 0.4) is 0 Å². The second-order valence-corrected chi connectivity index (χ2v) is 23.8. The molecule has 0 aromatic carbocycles. The van der Waals surface area contributed by atoms with Gasteiger partial charge in [-0.2, -0.15) is 0 Å². The number of phosphoric ester groups is 1. The molecule has 2 N–H and O–H groups in total. The van der Waals surface area contributed by atoms with Crippen molar-refractivity contribution in [2.75, 3.05) is 40.9 Å². The maximum absolute atomic E-state index is 13.0. The number of hydrogen-bond donors (Lipinski definition) is 2. The average Bonchev–Trinajstić information content (AvgIpc) is 3.35. The summed E-state index contributed by atoms with van der Waals surface area (Å²) in [6, 6.07) is -0.913. The van der Waals surface area contributed by atoms with Crippen LogP contribution in [-0.2, 0) is 18.4 Å². The molecule has 0 radical (unpaired) electrons. The Morgan fingerprint density at radius 3 is 1.19 bits per heavy atom. The molecule has 428 valence electrons. The molecule has 0 saturated carbocycles. The molecular formula is C64H121N2O6P. The monoisotopic (exact) mass is 1040 g/mol. The number of amides is 1. The number of phosphoric acid groups is 1. The average molecular weight is 1050 g/mol. The van der Waals surface area contributed by atoms with Crippen LogP contribution in [0.25, 0.3) is 0 Å². The van der Waals surface area contributed by atoms with E-state index in [2.05, 4.69) is 67.8 Å². The predicted molar refractivity (Wildman–Crippen MR) is 316 cm³/mol. The molecule has 0 aliphatic rings. The van der Waals surface area contributed by atoms with E-state index in [0.717, 1.165) is 51.4 Å². The highest BCUT2D eigenvalue weighted by Crippen LogP contribution is 2.38. The summed E-state index contributed by atoms with van der Waals surface area (Å²) in [5.41, 5.74) is 0. The van der Waals surface area contributed by atoms with Gasteiger partial charge in [-0.3, -0.25) is 9.36 Å². The van der Waals surface area contributed by atoms with Gasteiger partial charge < -0.3 is 28.8 Å². The van der Waals surface area contributed by atoms with Gasteiger partial charge in [0.15, 0.2) is 0 Å². The number of nitrogens with one attached hydrogen (secondary N) is 1. The van der Waals surface area contributed by atoms with Crippen molar-refractivity contribution >= 4 is 13.7 Å². The third-order valence-electron chi connectivity index (χ3n) is 13.9. The van der Waals surface area contributed by atoms with Crippen LogP contribution in [0.15, 0.2) is 60.8 Å². The Morgan fingerprint density at radius 2 is 0.808 bits per heavy atom.